The number of piperidine rings is 1. The SMILES string of the molecule is Cc1ccc(C(=O)N2Cc3ccccc3C2)c(C2CCN(C(=O)c3ncoc3-c3ccccc3)CC2)n1. The maximum Gasteiger partial charge on any atom is 0.276 e. The highest BCUT2D eigenvalue weighted by molar-refractivity contribution is 5.98. The summed E-state index contributed by atoms with van der Waals surface area (Å²) >= 11 is 0. The van der Waals surface area contributed by atoms with Gasteiger partial charge in [-0.05, 0) is 43.0 Å². The van der Waals surface area contributed by atoms with Gasteiger partial charge in [-0.1, -0.05) is 54.6 Å². The van der Waals surface area contributed by atoms with Gasteiger partial charge in [0.1, 0.15) is 0 Å². The molecular weight excluding hydrogens is 464 g/mol. The molecule has 0 bridgehead atoms. The molecule has 0 saturated carbocycles. The minimum Gasteiger partial charge on any atom is -0.443 e. The van der Waals surface area contributed by atoms with Crippen LogP contribution in [-0.2, 0) is 13.1 Å². The van der Waals surface area contributed by atoms with Gasteiger partial charge >= 0.3 is 0 Å². The van der Waals surface area contributed by atoms with Crippen molar-refractivity contribution >= 4 is 11.8 Å². The largest absolute Gasteiger partial charge is 0.443 e. The zero-order chi connectivity index (χ0) is 25.4. The minimum absolute atomic E-state index is 0.0207. The fraction of sp³-hybridized carbons (Fsp3) is 0.267. The summed E-state index contributed by atoms with van der Waals surface area (Å²) < 4.78 is 5.57. The van der Waals surface area contributed by atoms with Crippen molar-refractivity contribution < 1.29 is 14.0 Å². The van der Waals surface area contributed by atoms with Gasteiger partial charge in [0.25, 0.3) is 11.8 Å². The van der Waals surface area contributed by atoms with E-state index in [9.17, 15) is 9.59 Å². The van der Waals surface area contributed by atoms with E-state index in [1.165, 1.54) is 17.5 Å². The summed E-state index contributed by atoms with van der Waals surface area (Å²) in [4.78, 5) is 39.7. The number of rotatable bonds is 4. The molecule has 2 aliphatic rings. The smallest absolute Gasteiger partial charge is 0.276 e. The van der Waals surface area contributed by atoms with E-state index in [4.69, 9.17) is 9.40 Å². The molecule has 2 aliphatic heterocycles. The van der Waals surface area contributed by atoms with Crippen LogP contribution in [0.25, 0.3) is 11.3 Å². The molecule has 7 nitrogen and oxygen atoms in total. The molecule has 1 fully saturated rings. The summed E-state index contributed by atoms with van der Waals surface area (Å²) in [6.45, 7) is 4.34. The minimum atomic E-state index is -0.130. The van der Waals surface area contributed by atoms with Crippen molar-refractivity contribution in [2.45, 2.75) is 38.8 Å². The van der Waals surface area contributed by atoms with Gasteiger partial charge in [-0.3, -0.25) is 14.6 Å². The number of amides is 2. The number of likely N-dealkylation sites (tertiary alicyclic amines) is 1. The van der Waals surface area contributed by atoms with Crippen LogP contribution in [-0.4, -0.2) is 44.7 Å². The Hall–Kier alpha value is -4.26. The molecule has 6 rings (SSSR count). The van der Waals surface area contributed by atoms with E-state index >= 15 is 0 Å². The van der Waals surface area contributed by atoms with Crippen molar-refractivity contribution in [2.24, 2.45) is 0 Å². The number of aromatic nitrogens is 2. The van der Waals surface area contributed by atoms with Gasteiger partial charge < -0.3 is 14.2 Å². The van der Waals surface area contributed by atoms with Crippen LogP contribution in [0.5, 0.6) is 0 Å². The van der Waals surface area contributed by atoms with Gasteiger partial charge in [0.15, 0.2) is 17.8 Å². The van der Waals surface area contributed by atoms with E-state index in [1.807, 2.05) is 71.3 Å². The molecule has 0 spiro atoms. The molecule has 2 aromatic carbocycles. The number of carbonyl (C=O) groups excluding carboxylic acids is 2. The van der Waals surface area contributed by atoms with E-state index < -0.39 is 0 Å². The number of hydrogen-bond acceptors (Lipinski definition) is 5. The van der Waals surface area contributed by atoms with Gasteiger partial charge in [-0.15, -0.1) is 0 Å². The summed E-state index contributed by atoms with van der Waals surface area (Å²) in [5.74, 6) is 0.494. The third kappa shape index (κ3) is 4.42. The predicted octanol–water partition coefficient (Wildman–Crippen LogP) is 5.22. The molecule has 37 heavy (non-hydrogen) atoms. The maximum atomic E-state index is 13.6. The van der Waals surface area contributed by atoms with Crippen LogP contribution < -0.4 is 0 Å². The second-order valence-electron chi connectivity index (χ2n) is 9.78. The summed E-state index contributed by atoms with van der Waals surface area (Å²) in [5.41, 5.74) is 5.98. The van der Waals surface area contributed by atoms with Gasteiger partial charge in [0, 0.05) is 43.4 Å². The third-order valence-electron chi connectivity index (χ3n) is 7.40. The molecule has 0 radical (unpaired) electrons. The molecule has 0 aliphatic carbocycles. The van der Waals surface area contributed by atoms with Crippen molar-refractivity contribution in [1.82, 2.24) is 19.8 Å². The zero-order valence-corrected chi connectivity index (χ0v) is 20.8. The molecule has 2 amide bonds. The number of nitrogens with zero attached hydrogens (tertiary/aromatic N) is 4. The van der Waals surface area contributed by atoms with Gasteiger partial charge in [0.05, 0.1) is 11.3 Å². The van der Waals surface area contributed by atoms with Crippen molar-refractivity contribution in [1.29, 1.82) is 0 Å². The topological polar surface area (TPSA) is 79.5 Å². The molecule has 2 aromatic heterocycles. The van der Waals surface area contributed by atoms with Gasteiger partial charge in [-0.2, -0.15) is 0 Å². The Bertz CT molecular complexity index is 1430. The molecule has 0 N–H and O–H groups in total. The Morgan fingerprint density at radius 2 is 1.51 bits per heavy atom. The number of oxazole rings is 1. The first kappa shape index (κ1) is 23.2. The zero-order valence-electron chi connectivity index (χ0n) is 20.8. The third-order valence-corrected chi connectivity index (χ3v) is 7.40. The van der Waals surface area contributed by atoms with Crippen LogP contribution in [0.1, 0.15) is 62.1 Å². The first-order valence-electron chi connectivity index (χ1n) is 12.7. The molecule has 4 heterocycles. The normalized spacial score (nSPS) is 15.6. The number of fused-ring (bicyclic) bond motifs is 1. The van der Waals surface area contributed by atoms with E-state index in [0.717, 1.165) is 29.8 Å². The highest BCUT2D eigenvalue weighted by Gasteiger charge is 2.32. The monoisotopic (exact) mass is 492 g/mol. The lowest BCUT2D eigenvalue weighted by molar-refractivity contribution is 0.0699. The highest BCUT2D eigenvalue weighted by Crippen LogP contribution is 2.33. The second kappa shape index (κ2) is 9.65. The Balaban J connectivity index is 1.18. The van der Waals surface area contributed by atoms with Gasteiger partial charge in [-0.25, -0.2) is 4.98 Å². The quantitative estimate of drug-likeness (QED) is 0.390. The molecule has 0 atom stereocenters. The van der Waals surface area contributed by atoms with Crippen LogP contribution in [0.4, 0.5) is 0 Å². The lowest BCUT2D eigenvalue weighted by Gasteiger charge is -2.32. The lowest BCUT2D eigenvalue weighted by Crippen LogP contribution is -2.39. The van der Waals surface area contributed by atoms with Crippen molar-refractivity contribution in [3.63, 3.8) is 0 Å². The summed E-state index contributed by atoms with van der Waals surface area (Å²) in [6.07, 6.45) is 2.80. The molecular formula is C30H28N4O3. The number of carbonyl (C=O) groups is 2. The van der Waals surface area contributed by atoms with Crippen LogP contribution in [0, 0.1) is 6.92 Å². The molecule has 1 saturated heterocycles. The standard InChI is InChI=1S/C30H28N4O3/c1-20-11-12-25(29(35)34-17-23-9-5-6-10-24(23)18-34)26(32-20)21-13-15-33(16-14-21)30(36)27-28(37-19-31-27)22-7-3-2-4-8-22/h2-12,19,21H,13-18H2,1H3. The first-order valence-corrected chi connectivity index (χ1v) is 12.7. The van der Waals surface area contributed by atoms with E-state index in [1.54, 1.807) is 0 Å². The fourth-order valence-corrected chi connectivity index (χ4v) is 5.41. The fourth-order valence-electron chi connectivity index (χ4n) is 5.41. The molecule has 0 unspecified atom stereocenters. The molecule has 7 heteroatoms. The van der Waals surface area contributed by atoms with Crippen LogP contribution >= 0.6 is 0 Å². The summed E-state index contributed by atoms with van der Waals surface area (Å²) in [5, 5.41) is 0. The van der Waals surface area contributed by atoms with Crippen molar-refractivity contribution in [3.05, 3.63) is 107 Å². The van der Waals surface area contributed by atoms with Crippen LogP contribution in [0.2, 0.25) is 0 Å². The highest BCUT2D eigenvalue weighted by atomic mass is 16.3. The summed E-state index contributed by atoms with van der Waals surface area (Å²) in [7, 11) is 0. The average Bonchev–Trinajstić information content (AvgIpc) is 3.61. The van der Waals surface area contributed by atoms with Crippen LogP contribution in [0.15, 0.2) is 77.5 Å². The van der Waals surface area contributed by atoms with Crippen molar-refractivity contribution in [2.75, 3.05) is 13.1 Å². The molecule has 4 aromatic rings. The van der Waals surface area contributed by atoms with Crippen LogP contribution in [0.3, 0.4) is 0 Å². The van der Waals surface area contributed by atoms with Gasteiger partial charge in [0.2, 0.25) is 0 Å². The first-order chi connectivity index (χ1) is 18.1. The summed E-state index contributed by atoms with van der Waals surface area (Å²) in [6, 6.07) is 21.6. The average molecular weight is 493 g/mol. The van der Waals surface area contributed by atoms with E-state index in [-0.39, 0.29) is 17.7 Å². The lowest BCUT2D eigenvalue weighted by atomic mass is 9.89. The number of pyridine rings is 1. The maximum absolute atomic E-state index is 13.6. The van der Waals surface area contributed by atoms with E-state index in [2.05, 4.69) is 17.1 Å². The van der Waals surface area contributed by atoms with Crippen molar-refractivity contribution in [3.8, 4) is 11.3 Å². The Labute approximate surface area is 215 Å². The Morgan fingerprint density at radius 1 is 0.838 bits per heavy atom. The Morgan fingerprint density at radius 3 is 2.22 bits per heavy atom. The number of benzene rings is 2. The molecule has 186 valence electrons. The second-order valence-corrected chi connectivity index (χ2v) is 9.78. The number of hydrogen-bond donors (Lipinski definition) is 0. The number of aryl methyl sites for hydroxylation is 1. The Kier molecular flexibility index (Phi) is 6.04. The van der Waals surface area contributed by atoms with E-state index in [0.29, 0.717) is 43.2 Å². The predicted molar refractivity (Wildman–Crippen MR) is 139 cm³/mol.